The largest absolute Gasteiger partial charge is 0.505 e. The molecule has 3 rings (SSSR count). The number of hydrogen-bond donors (Lipinski definition) is 1. The number of aryl methyl sites for hydroxylation is 1. The van der Waals surface area contributed by atoms with Crippen LogP contribution in [-0.2, 0) is 42.7 Å². The number of benzene rings is 1. The maximum absolute atomic E-state index is 13.1. The van der Waals surface area contributed by atoms with E-state index in [0.29, 0.717) is 14.9 Å². The van der Waals surface area contributed by atoms with Gasteiger partial charge in [-0.25, -0.2) is 26.5 Å². The molecular weight excluding hydrogens is 507 g/mol. The van der Waals surface area contributed by atoms with Gasteiger partial charge in [0.05, 0.1) is 11.6 Å². The van der Waals surface area contributed by atoms with Gasteiger partial charge >= 0.3 is 0 Å². The third-order valence-electron chi connectivity index (χ3n) is 4.03. The monoisotopic (exact) mass is 534 g/mol. The van der Waals surface area contributed by atoms with Crippen molar-refractivity contribution in [2.75, 3.05) is 10.8 Å². The third-order valence-corrected chi connectivity index (χ3v) is 7.21. The van der Waals surface area contributed by atoms with Crippen molar-refractivity contribution in [3.05, 3.63) is 52.7 Å². The van der Waals surface area contributed by atoms with E-state index in [-0.39, 0.29) is 67.2 Å². The fourth-order valence-corrected chi connectivity index (χ4v) is 5.64. The van der Waals surface area contributed by atoms with Gasteiger partial charge in [-0.05, 0) is 12.5 Å². The Hall–Kier alpha value is -0.896. The molecule has 2 aromatic rings. The first kappa shape index (κ1) is 29.1. The van der Waals surface area contributed by atoms with E-state index in [2.05, 4.69) is 4.98 Å². The van der Waals surface area contributed by atoms with Gasteiger partial charge in [-0.15, -0.1) is 11.3 Å². The Balaban J connectivity index is 0.00000204. The summed E-state index contributed by atoms with van der Waals surface area (Å²) in [6.07, 6.45) is -2.87. The van der Waals surface area contributed by atoms with Crippen LogP contribution in [0.25, 0.3) is 10.7 Å². The molecule has 0 saturated heterocycles. The van der Waals surface area contributed by atoms with Crippen LogP contribution in [-0.4, -0.2) is 31.5 Å². The van der Waals surface area contributed by atoms with Crippen molar-refractivity contribution < 1.29 is 55.0 Å². The van der Waals surface area contributed by atoms with E-state index < -0.39 is 28.8 Å². The van der Waals surface area contributed by atoms with Crippen molar-refractivity contribution in [1.82, 2.24) is 4.98 Å². The molecule has 0 spiro atoms. The fraction of sp³-hybridized carbons (Fsp3) is 0.400. The molecule has 1 N–H and O–H groups in total. The summed E-state index contributed by atoms with van der Waals surface area (Å²) in [4.78, 5) is 4.06. The zero-order chi connectivity index (χ0) is 21.2. The standard InChI is InChI=1S/C17H18F2N2O3S2.C2H6.CH3.Y/c1-9(2)17-20-16-14(25-17)13(22)15(11-7-5-4-6-10(11)3)26(23,24)21(16)8-12(18)19;1-2;;/h4-7,9,12,22H,8H2,1-3H3;1-2H3;1H3;/q;;-1;. The molecule has 5 nitrogen and oxygen atoms in total. The van der Waals surface area contributed by atoms with Gasteiger partial charge in [-0.3, -0.25) is 0 Å². The number of rotatable bonds is 4. The smallest absolute Gasteiger partial charge is 0.270 e. The summed E-state index contributed by atoms with van der Waals surface area (Å²) in [5.74, 6) is -0.602. The topological polar surface area (TPSA) is 70.5 Å². The zero-order valence-corrected chi connectivity index (χ0v) is 22.5. The Labute approximate surface area is 207 Å². The molecule has 0 aliphatic carbocycles. The van der Waals surface area contributed by atoms with Crippen LogP contribution in [0.5, 0.6) is 0 Å². The number of anilines is 1. The molecule has 1 radical (unpaired) electrons. The van der Waals surface area contributed by atoms with Crippen LogP contribution >= 0.6 is 11.3 Å². The normalized spacial score (nSPS) is 14.5. The van der Waals surface area contributed by atoms with E-state index in [1.807, 2.05) is 27.7 Å². The summed E-state index contributed by atoms with van der Waals surface area (Å²) in [7, 11) is -4.38. The Morgan fingerprint density at radius 2 is 1.77 bits per heavy atom. The number of fused-ring (bicyclic) bond motifs is 1. The first-order chi connectivity index (χ1) is 13.1. The van der Waals surface area contributed by atoms with Gasteiger partial charge in [-0.2, -0.15) is 0 Å². The second-order valence-corrected chi connectivity index (χ2v) is 9.11. The zero-order valence-electron chi connectivity index (χ0n) is 18.0. The molecule has 1 aromatic heterocycles. The summed E-state index contributed by atoms with van der Waals surface area (Å²) in [5.41, 5.74) is 0.904. The van der Waals surface area contributed by atoms with Gasteiger partial charge in [0.1, 0.15) is 9.78 Å². The molecule has 0 fully saturated rings. The van der Waals surface area contributed by atoms with Crippen molar-refractivity contribution in [2.24, 2.45) is 0 Å². The predicted molar refractivity (Wildman–Crippen MR) is 117 cm³/mol. The van der Waals surface area contributed by atoms with E-state index in [4.69, 9.17) is 0 Å². The first-order valence-electron chi connectivity index (χ1n) is 8.95. The second-order valence-electron chi connectivity index (χ2n) is 6.28. The van der Waals surface area contributed by atoms with Gasteiger partial charge in [0.2, 0.25) is 0 Å². The van der Waals surface area contributed by atoms with Crippen molar-refractivity contribution in [3.63, 3.8) is 0 Å². The molecule has 1 aliphatic rings. The summed E-state index contributed by atoms with van der Waals surface area (Å²) in [5, 5.41) is 11.3. The molecule has 0 bridgehead atoms. The summed E-state index contributed by atoms with van der Waals surface area (Å²) >= 11 is 1.12. The predicted octanol–water partition coefficient (Wildman–Crippen LogP) is 5.85. The molecule has 1 aliphatic heterocycles. The Bertz CT molecular complexity index is 990. The Kier molecular flexibility index (Phi) is 11.3. The van der Waals surface area contributed by atoms with E-state index in [1.54, 1.807) is 31.2 Å². The fourth-order valence-electron chi connectivity index (χ4n) is 2.75. The molecular formula is C20H27F2N2O3S2Y-. The number of aliphatic hydroxyl groups is 1. The average molecular weight is 534 g/mol. The van der Waals surface area contributed by atoms with Crippen LogP contribution < -0.4 is 4.31 Å². The van der Waals surface area contributed by atoms with E-state index >= 15 is 0 Å². The minimum atomic E-state index is -4.38. The van der Waals surface area contributed by atoms with Crippen molar-refractivity contribution in [1.29, 1.82) is 0 Å². The van der Waals surface area contributed by atoms with E-state index in [1.165, 1.54) is 0 Å². The average Bonchev–Trinajstić information content (AvgIpc) is 3.07. The third kappa shape index (κ3) is 5.47. The molecule has 10 heteroatoms. The molecule has 1 aromatic carbocycles. The number of sulfonamides is 1. The van der Waals surface area contributed by atoms with Gasteiger partial charge in [0, 0.05) is 44.2 Å². The summed E-state index contributed by atoms with van der Waals surface area (Å²) < 4.78 is 53.0. The van der Waals surface area contributed by atoms with Gasteiger partial charge in [0.15, 0.2) is 11.6 Å². The Morgan fingerprint density at radius 3 is 2.27 bits per heavy atom. The summed E-state index contributed by atoms with van der Waals surface area (Å²) in [6.45, 7) is 8.40. The van der Waals surface area contributed by atoms with Crippen molar-refractivity contribution in [3.8, 4) is 0 Å². The first-order valence-corrected chi connectivity index (χ1v) is 11.2. The minimum Gasteiger partial charge on any atom is -0.505 e. The number of aromatic nitrogens is 1. The van der Waals surface area contributed by atoms with Crippen molar-refractivity contribution >= 4 is 37.8 Å². The van der Waals surface area contributed by atoms with Crippen LogP contribution in [0.1, 0.15) is 54.6 Å². The van der Waals surface area contributed by atoms with Crippen molar-refractivity contribution in [2.45, 2.75) is 47.0 Å². The van der Waals surface area contributed by atoms with E-state index in [0.717, 1.165) is 11.3 Å². The quantitative estimate of drug-likeness (QED) is 0.500. The minimum absolute atomic E-state index is 0. The van der Waals surface area contributed by atoms with Gasteiger partial charge < -0.3 is 12.5 Å². The number of thiazole rings is 1. The van der Waals surface area contributed by atoms with E-state index in [9.17, 15) is 22.3 Å². The maximum Gasteiger partial charge on any atom is 0.270 e. The SMILES string of the molecule is CC.Cc1ccccc1C1=C(O)c2sc(C(C)C)nc2N(CC(F)F)S1(=O)=O.[CH3-].[Y]. The van der Waals surface area contributed by atoms with Crippen LogP contribution in [0.15, 0.2) is 24.3 Å². The van der Waals surface area contributed by atoms with Crippen LogP contribution in [0.2, 0.25) is 0 Å². The molecule has 0 unspecified atom stereocenters. The molecule has 0 amide bonds. The van der Waals surface area contributed by atoms with Crippen LogP contribution in [0.3, 0.4) is 0 Å². The number of hydrogen-bond acceptors (Lipinski definition) is 5. The molecule has 0 saturated carbocycles. The molecule has 165 valence electrons. The molecule has 2 heterocycles. The van der Waals surface area contributed by atoms with Gasteiger partial charge in [-0.1, -0.05) is 52.0 Å². The Morgan fingerprint density at radius 1 is 1.20 bits per heavy atom. The maximum atomic E-state index is 13.1. The number of halogens is 2. The van der Waals surface area contributed by atoms with Crippen LogP contribution in [0, 0.1) is 14.4 Å². The van der Waals surface area contributed by atoms with Gasteiger partial charge in [0.25, 0.3) is 16.4 Å². The van der Waals surface area contributed by atoms with Crippen LogP contribution in [0.4, 0.5) is 14.6 Å². The summed E-state index contributed by atoms with van der Waals surface area (Å²) in [6, 6.07) is 6.62. The number of aliphatic hydroxyl groups excluding tert-OH is 1. The molecule has 0 atom stereocenters. The second kappa shape index (κ2) is 11.6. The number of alkyl halides is 2. The number of nitrogens with zero attached hydrogens (tertiary/aromatic N) is 2. The molecule has 30 heavy (non-hydrogen) atoms.